The van der Waals surface area contributed by atoms with Gasteiger partial charge in [-0.25, -0.2) is 0 Å². The molecule has 1 saturated heterocycles. The third kappa shape index (κ3) is 3.99. The number of benzene rings is 2. The lowest BCUT2D eigenvalue weighted by Crippen LogP contribution is -2.49. The van der Waals surface area contributed by atoms with Crippen molar-refractivity contribution in [1.29, 1.82) is 0 Å². The molecule has 1 fully saturated rings. The summed E-state index contributed by atoms with van der Waals surface area (Å²) < 4.78 is 11.6. The van der Waals surface area contributed by atoms with Crippen molar-refractivity contribution in [3.05, 3.63) is 60.2 Å². The maximum atomic E-state index is 12.6. The molecule has 0 bridgehead atoms. The lowest BCUT2D eigenvalue weighted by molar-refractivity contribution is -0.135. The summed E-state index contributed by atoms with van der Waals surface area (Å²) in [6.45, 7) is 4.73. The zero-order valence-electron chi connectivity index (χ0n) is 14.8. The number of ether oxygens (including phenoxy) is 2. The Bertz CT molecular complexity index is 742. The lowest BCUT2D eigenvalue weighted by Gasteiger charge is -2.35. The molecule has 0 spiro atoms. The number of hydrogen-bond acceptors (Lipinski definition) is 4. The number of fused-ring (bicyclic) bond motifs is 1. The minimum atomic E-state index is -0.209. The molecule has 2 aromatic carbocycles. The molecule has 2 aliphatic rings. The van der Waals surface area contributed by atoms with Crippen molar-refractivity contribution in [2.75, 3.05) is 32.8 Å². The van der Waals surface area contributed by atoms with E-state index in [9.17, 15) is 4.79 Å². The molecular formula is C21H24N2O3. The Balaban J connectivity index is 1.25. The van der Waals surface area contributed by atoms with Crippen LogP contribution in [0.15, 0.2) is 54.6 Å². The van der Waals surface area contributed by atoms with Crippen molar-refractivity contribution in [1.82, 2.24) is 9.80 Å². The van der Waals surface area contributed by atoms with E-state index in [1.807, 2.05) is 35.2 Å². The first kappa shape index (κ1) is 16.9. The number of hydrogen-bond donors (Lipinski definition) is 0. The molecule has 0 aromatic heterocycles. The summed E-state index contributed by atoms with van der Waals surface area (Å²) in [6.07, 6.45) is 0.160. The molecule has 5 heteroatoms. The fourth-order valence-electron chi connectivity index (χ4n) is 3.48. The Morgan fingerprint density at radius 3 is 2.38 bits per heavy atom. The number of carbonyl (C=O) groups excluding carboxylic acids is 1. The zero-order valence-corrected chi connectivity index (χ0v) is 14.8. The van der Waals surface area contributed by atoms with Gasteiger partial charge in [0.05, 0.1) is 6.42 Å². The molecule has 2 aromatic rings. The second kappa shape index (κ2) is 7.79. The largest absolute Gasteiger partial charge is 0.486 e. The zero-order chi connectivity index (χ0) is 17.8. The van der Waals surface area contributed by atoms with Crippen LogP contribution in [0.5, 0.6) is 11.5 Å². The van der Waals surface area contributed by atoms with E-state index in [0.717, 1.165) is 44.2 Å². The monoisotopic (exact) mass is 352 g/mol. The van der Waals surface area contributed by atoms with Gasteiger partial charge >= 0.3 is 0 Å². The average molecular weight is 352 g/mol. The fourth-order valence-corrected chi connectivity index (χ4v) is 3.48. The standard InChI is InChI=1S/C21H24N2O3/c24-21(14-18-16-25-19-8-4-5-9-20(19)26-18)23-12-10-22(11-13-23)15-17-6-2-1-3-7-17/h1-9,18H,10-16H2. The predicted molar refractivity (Wildman–Crippen MR) is 99.3 cm³/mol. The Hall–Kier alpha value is -2.53. The molecule has 1 amide bonds. The summed E-state index contributed by atoms with van der Waals surface area (Å²) in [5.41, 5.74) is 1.32. The lowest BCUT2D eigenvalue weighted by atomic mass is 10.1. The molecule has 5 nitrogen and oxygen atoms in total. The topological polar surface area (TPSA) is 42.0 Å². The summed E-state index contributed by atoms with van der Waals surface area (Å²) in [5, 5.41) is 0. The van der Waals surface area contributed by atoms with Crippen LogP contribution in [0.2, 0.25) is 0 Å². The van der Waals surface area contributed by atoms with Crippen LogP contribution in [0.25, 0.3) is 0 Å². The first-order valence-corrected chi connectivity index (χ1v) is 9.20. The number of piperazine rings is 1. The van der Waals surface area contributed by atoms with Crippen molar-refractivity contribution < 1.29 is 14.3 Å². The summed E-state index contributed by atoms with van der Waals surface area (Å²) in [4.78, 5) is 17.0. The quantitative estimate of drug-likeness (QED) is 0.848. The number of rotatable bonds is 4. The van der Waals surface area contributed by atoms with Crippen molar-refractivity contribution >= 4 is 5.91 Å². The van der Waals surface area contributed by atoms with E-state index >= 15 is 0 Å². The molecule has 1 unspecified atom stereocenters. The minimum Gasteiger partial charge on any atom is -0.486 e. The van der Waals surface area contributed by atoms with E-state index in [0.29, 0.717) is 13.0 Å². The van der Waals surface area contributed by atoms with Crippen molar-refractivity contribution in [2.45, 2.75) is 19.1 Å². The van der Waals surface area contributed by atoms with Crippen LogP contribution in [0.1, 0.15) is 12.0 Å². The average Bonchev–Trinajstić information content (AvgIpc) is 2.69. The van der Waals surface area contributed by atoms with E-state index < -0.39 is 0 Å². The van der Waals surface area contributed by atoms with Gasteiger partial charge in [-0.15, -0.1) is 0 Å². The van der Waals surface area contributed by atoms with Gasteiger partial charge in [-0.2, -0.15) is 0 Å². The van der Waals surface area contributed by atoms with Crippen molar-refractivity contribution in [3.63, 3.8) is 0 Å². The highest BCUT2D eigenvalue weighted by molar-refractivity contribution is 5.77. The molecule has 136 valence electrons. The van der Waals surface area contributed by atoms with Crippen molar-refractivity contribution in [3.8, 4) is 11.5 Å². The molecular weight excluding hydrogens is 328 g/mol. The maximum absolute atomic E-state index is 12.6. The van der Waals surface area contributed by atoms with Gasteiger partial charge in [-0.3, -0.25) is 9.69 Å². The first-order valence-electron chi connectivity index (χ1n) is 9.20. The van der Waals surface area contributed by atoms with Gasteiger partial charge in [-0.1, -0.05) is 42.5 Å². The van der Waals surface area contributed by atoms with E-state index in [1.165, 1.54) is 5.56 Å². The van der Waals surface area contributed by atoms with Crippen LogP contribution in [-0.4, -0.2) is 54.6 Å². The van der Waals surface area contributed by atoms with Crippen molar-refractivity contribution in [2.24, 2.45) is 0 Å². The van der Waals surface area contributed by atoms with Gasteiger partial charge < -0.3 is 14.4 Å². The fraction of sp³-hybridized carbons (Fsp3) is 0.381. The highest BCUT2D eigenvalue weighted by atomic mass is 16.6. The van der Waals surface area contributed by atoms with Crippen LogP contribution in [0, 0.1) is 0 Å². The highest BCUT2D eigenvalue weighted by Crippen LogP contribution is 2.31. The first-order chi connectivity index (χ1) is 12.8. The predicted octanol–water partition coefficient (Wildman–Crippen LogP) is 2.56. The maximum Gasteiger partial charge on any atom is 0.226 e. The summed E-state index contributed by atoms with van der Waals surface area (Å²) in [7, 11) is 0. The SMILES string of the molecule is O=C(CC1COc2ccccc2O1)N1CCN(Cc2ccccc2)CC1. The number of amides is 1. The Morgan fingerprint density at radius 1 is 0.923 bits per heavy atom. The summed E-state index contributed by atoms with van der Waals surface area (Å²) in [5.74, 6) is 1.63. The molecule has 26 heavy (non-hydrogen) atoms. The normalized spacial score (nSPS) is 20.0. The summed E-state index contributed by atoms with van der Waals surface area (Å²) in [6, 6.07) is 18.1. The van der Waals surface area contributed by atoms with Gasteiger partial charge in [0.25, 0.3) is 0 Å². The Morgan fingerprint density at radius 2 is 1.62 bits per heavy atom. The van der Waals surface area contributed by atoms with Gasteiger partial charge in [0, 0.05) is 32.7 Å². The van der Waals surface area contributed by atoms with E-state index in [1.54, 1.807) is 0 Å². The molecule has 0 saturated carbocycles. The van der Waals surface area contributed by atoms with Gasteiger partial charge in [0.1, 0.15) is 12.7 Å². The molecule has 1 atom stereocenters. The third-order valence-electron chi connectivity index (χ3n) is 4.94. The second-order valence-electron chi connectivity index (χ2n) is 6.84. The second-order valence-corrected chi connectivity index (χ2v) is 6.84. The number of carbonyl (C=O) groups is 1. The molecule has 2 heterocycles. The van der Waals surface area contributed by atoms with E-state index in [2.05, 4.69) is 29.2 Å². The Kier molecular flexibility index (Phi) is 5.07. The minimum absolute atomic E-state index is 0.150. The Labute approximate surface area is 154 Å². The van der Waals surface area contributed by atoms with Gasteiger partial charge in [0.2, 0.25) is 5.91 Å². The third-order valence-corrected chi connectivity index (χ3v) is 4.94. The molecule has 0 aliphatic carbocycles. The molecule has 2 aliphatic heterocycles. The van der Waals surface area contributed by atoms with Crippen LogP contribution in [0.3, 0.4) is 0 Å². The summed E-state index contributed by atoms with van der Waals surface area (Å²) >= 11 is 0. The smallest absolute Gasteiger partial charge is 0.226 e. The molecule has 0 N–H and O–H groups in total. The van der Waals surface area contributed by atoms with E-state index in [-0.39, 0.29) is 12.0 Å². The van der Waals surface area contributed by atoms with Crippen LogP contribution in [-0.2, 0) is 11.3 Å². The molecule has 4 rings (SSSR count). The number of nitrogens with zero attached hydrogens (tertiary/aromatic N) is 2. The van der Waals surface area contributed by atoms with Gasteiger partial charge in [-0.05, 0) is 17.7 Å². The van der Waals surface area contributed by atoms with E-state index in [4.69, 9.17) is 9.47 Å². The van der Waals surface area contributed by atoms with Crippen LogP contribution >= 0.6 is 0 Å². The van der Waals surface area contributed by atoms with Gasteiger partial charge in [0.15, 0.2) is 11.5 Å². The highest BCUT2D eigenvalue weighted by Gasteiger charge is 2.27. The van der Waals surface area contributed by atoms with Crippen LogP contribution < -0.4 is 9.47 Å². The molecule has 0 radical (unpaired) electrons. The van der Waals surface area contributed by atoms with Crippen LogP contribution in [0.4, 0.5) is 0 Å². The number of para-hydroxylation sites is 2.